The van der Waals surface area contributed by atoms with Crippen molar-refractivity contribution in [3.8, 4) is 17.5 Å². The molecular weight excluding hydrogens is 418 g/mol. The van der Waals surface area contributed by atoms with Crippen molar-refractivity contribution >= 4 is 21.8 Å². The zero-order valence-corrected chi connectivity index (χ0v) is 16.9. The largest absolute Gasteiger partial charge is 0.364 e. The summed E-state index contributed by atoms with van der Waals surface area (Å²) in [5, 5.41) is 0. The van der Waals surface area contributed by atoms with Crippen molar-refractivity contribution in [1.29, 1.82) is 0 Å². The summed E-state index contributed by atoms with van der Waals surface area (Å²) in [5.41, 5.74) is 4.10. The van der Waals surface area contributed by atoms with Gasteiger partial charge in [-0.25, -0.2) is 4.98 Å². The first-order valence-electron chi connectivity index (χ1n) is 8.86. The number of amides is 1. The number of rotatable bonds is 3. The molecule has 1 aliphatic rings. The number of carbonyl (C=O) groups is 1. The van der Waals surface area contributed by atoms with E-state index in [-0.39, 0.29) is 5.91 Å². The highest BCUT2D eigenvalue weighted by atomic mass is 79.9. The van der Waals surface area contributed by atoms with E-state index in [4.69, 9.17) is 4.74 Å². The molecule has 28 heavy (non-hydrogen) atoms. The standard InChI is InChI=1S/C22H18BrN3O2/c1-25-13-20-18(10-6-12-28-14-16-7-3-2-4-8-16)24-15-26(20)19-11-5-9-17(23)21(19)22(25)27/h2-5,7-9,11,15H,12-14H2,1H3. The van der Waals surface area contributed by atoms with E-state index in [1.165, 1.54) is 0 Å². The number of aromatic nitrogens is 2. The van der Waals surface area contributed by atoms with Gasteiger partial charge in [-0.1, -0.05) is 42.3 Å². The first-order valence-corrected chi connectivity index (χ1v) is 9.65. The van der Waals surface area contributed by atoms with Crippen molar-refractivity contribution in [3.63, 3.8) is 0 Å². The molecule has 0 saturated heterocycles. The highest BCUT2D eigenvalue weighted by molar-refractivity contribution is 9.10. The molecule has 0 bridgehead atoms. The predicted molar refractivity (Wildman–Crippen MR) is 110 cm³/mol. The molecule has 140 valence electrons. The Morgan fingerprint density at radius 1 is 1.18 bits per heavy atom. The monoisotopic (exact) mass is 435 g/mol. The van der Waals surface area contributed by atoms with E-state index in [9.17, 15) is 4.79 Å². The number of benzene rings is 2. The Morgan fingerprint density at radius 2 is 2.00 bits per heavy atom. The Bertz CT molecular complexity index is 1080. The lowest BCUT2D eigenvalue weighted by Crippen LogP contribution is -2.25. The lowest BCUT2D eigenvalue weighted by Gasteiger charge is -2.14. The van der Waals surface area contributed by atoms with Crippen LogP contribution in [0.15, 0.2) is 59.3 Å². The lowest BCUT2D eigenvalue weighted by atomic mass is 10.1. The maximum absolute atomic E-state index is 12.8. The topological polar surface area (TPSA) is 47.4 Å². The van der Waals surface area contributed by atoms with Gasteiger partial charge in [0.25, 0.3) is 5.91 Å². The third kappa shape index (κ3) is 3.59. The second-order valence-electron chi connectivity index (χ2n) is 6.49. The minimum Gasteiger partial charge on any atom is -0.364 e. The van der Waals surface area contributed by atoms with Crippen molar-refractivity contribution in [2.24, 2.45) is 0 Å². The van der Waals surface area contributed by atoms with E-state index in [0.29, 0.717) is 31.0 Å². The number of carbonyl (C=O) groups excluding carboxylic acids is 1. The number of fused-ring (bicyclic) bond motifs is 3. The molecule has 0 fully saturated rings. The van der Waals surface area contributed by atoms with E-state index in [0.717, 1.165) is 21.4 Å². The number of imidazole rings is 1. The number of ether oxygens (including phenoxy) is 1. The van der Waals surface area contributed by atoms with Crippen molar-refractivity contribution < 1.29 is 9.53 Å². The van der Waals surface area contributed by atoms with Crippen LogP contribution in [-0.2, 0) is 17.9 Å². The zero-order chi connectivity index (χ0) is 19.5. The minimum atomic E-state index is -0.0312. The summed E-state index contributed by atoms with van der Waals surface area (Å²) >= 11 is 3.50. The second-order valence-corrected chi connectivity index (χ2v) is 7.34. The van der Waals surface area contributed by atoms with Crippen molar-refractivity contribution in [3.05, 3.63) is 81.8 Å². The molecule has 2 aromatic carbocycles. The van der Waals surface area contributed by atoms with Crippen LogP contribution in [0.5, 0.6) is 0 Å². The van der Waals surface area contributed by atoms with E-state index < -0.39 is 0 Å². The molecule has 1 aliphatic heterocycles. The summed E-state index contributed by atoms with van der Waals surface area (Å²) in [7, 11) is 1.79. The molecule has 2 heterocycles. The van der Waals surface area contributed by atoms with Crippen molar-refractivity contribution in [1.82, 2.24) is 14.5 Å². The third-order valence-electron chi connectivity index (χ3n) is 4.56. The number of nitrogens with zero attached hydrogens (tertiary/aromatic N) is 3. The van der Waals surface area contributed by atoms with Gasteiger partial charge in [0.2, 0.25) is 0 Å². The maximum atomic E-state index is 12.8. The van der Waals surface area contributed by atoms with E-state index in [2.05, 4.69) is 32.8 Å². The van der Waals surface area contributed by atoms with Crippen LogP contribution in [-0.4, -0.2) is 34.0 Å². The summed E-state index contributed by atoms with van der Waals surface area (Å²) in [6.07, 6.45) is 1.72. The van der Waals surface area contributed by atoms with Crippen LogP contribution in [0.2, 0.25) is 0 Å². The quantitative estimate of drug-likeness (QED) is 0.464. The average molecular weight is 436 g/mol. The van der Waals surface area contributed by atoms with Crippen LogP contribution >= 0.6 is 15.9 Å². The van der Waals surface area contributed by atoms with Crippen molar-refractivity contribution in [2.75, 3.05) is 13.7 Å². The van der Waals surface area contributed by atoms with E-state index in [1.54, 1.807) is 18.3 Å². The van der Waals surface area contributed by atoms with Gasteiger partial charge in [-0.3, -0.25) is 9.36 Å². The molecule has 0 N–H and O–H groups in total. The van der Waals surface area contributed by atoms with Crippen molar-refractivity contribution in [2.45, 2.75) is 13.2 Å². The fraction of sp³-hybridized carbons (Fsp3) is 0.182. The minimum absolute atomic E-state index is 0.0312. The Morgan fingerprint density at radius 3 is 2.82 bits per heavy atom. The normalized spacial score (nSPS) is 12.6. The first-order chi connectivity index (χ1) is 13.6. The fourth-order valence-corrected chi connectivity index (χ4v) is 3.69. The molecular formula is C22H18BrN3O2. The predicted octanol–water partition coefficient (Wildman–Crippen LogP) is 3.79. The van der Waals surface area contributed by atoms with Gasteiger partial charge in [-0.15, -0.1) is 0 Å². The van der Waals surface area contributed by atoms with Crippen LogP contribution in [0.4, 0.5) is 0 Å². The molecule has 0 radical (unpaired) electrons. The van der Waals surface area contributed by atoms with Gasteiger partial charge in [0.15, 0.2) is 0 Å². The number of hydrogen-bond donors (Lipinski definition) is 0. The molecule has 0 atom stereocenters. The molecule has 1 amide bonds. The smallest absolute Gasteiger partial charge is 0.257 e. The zero-order valence-electron chi connectivity index (χ0n) is 15.4. The fourth-order valence-electron chi connectivity index (χ4n) is 3.16. The van der Waals surface area contributed by atoms with Gasteiger partial charge in [0.1, 0.15) is 18.6 Å². The molecule has 3 aromatic rings. The maximum Gasteiger partial charge on any atom is 0.257 e. The molecule has 1 aromatic heterocycles. The van der Waals surface area contributed by atoms with E-state index >= 15 is 0 Å². The average Bonchev–Trinajstić information content (AvgIpc) is 3.05. The van der Waals surface area contributed by atoms with E-state index in [1.807, 2.05) is 53.1 Å². The molecule has 0 aliphatic carbocycles. The van der Waals surface area contributed by atoms with Crippen LogP contribution < -0.4 is 0 Å². The van der Waals surface area contributed by atoms with Crippen LogP contribution in [0.1, 0.15) is 27.3 Å². The summed E-state index contributed by atoms with van der Waals surface area (Å²) in [4.78, 5) is 18.9. The Balaban J connectivity index is 1.56. The van der Waals surface area contributed by atoms with Gasteiger partial charge in [0.05, 0.1) is 30.1 Å². The summed E-state index contributed by atoms with van der Waals surface area (Å²) in [6.45, 7) is 1.28. The van der Waals surface area contributed by atoms with Gasteiger partial charge in [0, 0.05) is 11.5 Å². The molecule has 6 heteroatoms. The van der Waals surface area contributed by atoms with Crippen LogP contribution in [0.3, 0.4) is 0 Å². The first kappa shape index (κ1) is 18.5. The van der Waals surface area contributed by atoms with Gasteiger partial charge < -0.3 is 9.64 Å². The Kier molecular flexibility index (Phi) is 5.29. The molecule has 5 nitrogen and oxygen atoms in total. The van der Waals surface area contributed by atoms with Gasteiger partial charge in [-0.05, 0) is 39.5 Å². The van der Waals surface area contributed by atoms with Gasteiger partial charge in [-0.2, -0.15) is 0 Å². The lowest BCUT2D eigenvalue weighted by molar-refractivity contribution is 0.0787. The second kappa shape index (κ2) is 8.01. The molecule has 0 saturated carbocycles. The van der Waals surface area contributed by atoms with Gasteiger partial charge >= 0.3 is 0 Å². The molecule has 4 rings (SSSR count). The number of hydrogen-bond acceptors (Lipinski definition) is 3. The Labute approximate surface area is 172 Å². The van der Waals surface area contributed by atoms with Crippen LogP contribution in [0, 0.1) is 11.8 Å². The highest BCUT2D eigenvalue weighted by Gasteiger charge is 2.27. The summed E-state index contributed by atoms with van der Waals surface area (Å²) in [6, 6.07) is 15.7. The third-order valence-corrected chi connectivity index (χ3v) is 5.22. The highest BCUT2D eigenvalue weighted by Crippen LogP contribution is 2.30. The SMILES string of the molecule is CN1Cc2c(C#CCOCc3ccccc3)ncn2-c2cccc(Br)c2C1=O. The Hall–Kier alpha value is -2.88. The number of halogens is 1. The molecule has 0 spiro atoms. The molecule has 0 unspecified atom stereocenters. The van der Waals surface area contributed by atoms with Crippen LogP contribution in [0.25, 0.3) is 5.69 Å². The summed E-state index contributed by atoms with van der Waals surface area (Å²) < 4.78 is 8.33. The summed E-state index contributed by atoms with van der Waals surface area (Å²) in [5.74, 6) is 6.09.